The van der Waals surface area contributed by atoms with Crippen molar-refractivity contribution in [1.82, 2.24) is 5.32 Å². The van der Waals surface area contributed by atoms with Crippen molar-refractivity contribution in [3.63, 3.8) is 0 Å². The third-order valence-electron chi connectivity index (χ3n) is 6.00. The van der Waals surface area contributed by atoms with E-state index in [2.05, 4.69) is 5.32 Å². The molecule has 1 nitrogen and oxygen atoms in total. The van der Waals surface area contributed by atoms with E-state index in [9.17, 15) is 4.39 Å². The Labute approximate surface area is 124 Å². The second kappa shape index (κ2) is 4.99. The monoisotopic (exact) mass is 293 g/mol. The topological polar surface area (TPSA) is 12.0 Å². The van der Waals surface area contributed by atoms with Gasteiger partial charge in [-0.1, -0.05) is 24.1 Å². The standard InChI is InChI=1S/C17H21ClFN/c18-12-5-4-10(16(19)8-12)9-20-17-7-11-6-15(17)14-3-1-2-13(11)14/h4-5,8,11,13-15,17,20H,1-3,6-7,9H2. The average molecular weight is 294 g/mol. The molecule has 0 heterocycles. The van der Waals surface area contributed by atoms with E-state index in [1.54, 1.807) is 12.1 Å². The van der Waals surface area contributed by atoms with Crippen molar-refractivity contribution in [3.8, 4) is 0 Å². The fourth-order valence-corrected chi connectivity index (χ4v) is 5.37. The third-order valence-corrected chi connectivity index (χ3v) is 6.23. The highest BCUT2D eigenvalue weighted by molar-refractivity contribution is 6.30. The van der Waals surface area contributed by atoms with Crippen molar-refractivity contribution < 1.29 is 4.39 Å². The quantitative estimate of drug-likeness (QED) is 0.871. The molecule has 1 N–H and O–H groups in total. The number of fused-ring (bicyclic) bond motifs is 5. The zero-order valence-corrected chi connectivity index (χ0v) is 12.4. The largest absolute Gasteiger partial charge is 0.310 e. The fraction of sp³-hybridized carbons (Fsp3) is 0.647. The Morgan fingerprint density at radius 1 is 1.15 bits per heavy atom. The summed E-state index contributed by atoms with van der Waals surface area (Å²) in [7, 11) is 0. The molecular formula is C17H21ClFN. The molecule has 108 valence electrons. The predicted molar refractivity (Wildman–Crippen MR) is 79.1 cm³/mol. The molecule has 0 aliphatic heterocycles. The van der Waals surface area contributed by atoms with Gasteiger partial charge in [-0.25, -0.2) is 4.39 Å². The molecule has 1 aromatic rings. The lowest BCUT2D eigenvalue weighted by atomic mass is 9.79. The molecule has 3 fully saturated rings. The van der Waals surface area contributed by atoms with Gasteiger partial charge in [0.25, 0.3) is 0 Å². The highest BCUT2D eigenvalue weighted by Gasteiger charge is 2.53. The fourth-order valence-electron chi connectivity index (χ4n) is 5.21. The summed E-state index contributed by atoms with van der Waals surface area (Å²) >= 11 is 5.80. The van der Waals surface area contributed by atoms with Crippen LogP contribution in [-0.4, -0.2) is 6.04 Å². The van der Waals surface area contributed by atoms with Crippen LogP contribution in [0.2, 0.25) is 5.02 Å². The second-order valence-corrected chi connectivity index (χ2v) is 7.31. The number of hydrogen-bond acceptors (Lipinski definition) is 1. The lowest BCUT2D eigenvalue weighted by molar-refractivity contribution is 0.207. The van der Waals surface area contributed by atoms with Crippen molar-refractivity contribution >= 4 is 11.6 Å². The molecule has 5 atom stereocenters. The van der Waals surface area contributed by atoms with E-state index in [0.717, 1.165) is 29.2 Å². The molecule has 4 rings (SSSR count). The molecule has 0 amide bonds. The summed E-state index contributed by atoms with van der Waals surface area (Å²) in [6.07, 6.45) is 7.04. The Bertz CT molecular complexity index is 518. The molecule has 0 spiro atoms. The Balaban J connectivity index is 1.41. The smallest absolute Gasteiger partial charge is 0.129 e. The van der Waals surface area contributed by atoms with Gasteiger partial charge in [-0.15, -0.1) is 0 Å². The molecule has 3 saturated carbocycles. The van der Waals surface area contributed by atoms with Crippen molar-refractivity contribution in [3.05, 3.63) is 34.6 Å². The molecule has 1 aromatic carbocycles. The Kier molecular flexibility index (Phi) is 3.27. The molecule has 3 aliphatic carbocycles. The summed E-state index contributed by atoms with van der Waals surface area (Å²) in [5.74, 6) is 3.58. The molecular weight excluding hydrogens is 273 g/mol. The van der Waals surface area contributed by atoms with Gasteiger partial charge in [0.15, 0.2) is 0 Å². The van der Waals surface area contributed by atoms with Crippen LogP contribution in [0.15, 0.2) is 18.2 Å². The highest BCUT2D eigenvalue weighted by atomic mass is 35.5. The first-order valence-corrected chi connectivity index (χ1v) is 8.27. The first kappa shape index (κ1) is 13.1. The Hall–Kier alpha value is -0.600. The van der Waals surface area contributed by atoms with Crippen molar-refractivity contribution in [2.24, 2.45) is 23.7 Å². The SMILES string of the molecule is Fc1cc(Cl)ccc1CNC1CC2CC1C1CCCC21. The van der Waals surface area contributed by atoms with E-state index in [1.165, 1.54) is 38.2 Å². The van der Waals surface area contributed by atoms with Gasteiger partial charge in [0.1, 0.15) is 5.82 Å². The molecule has 3 aliphatic rings. The molecule has 20 heavy (non-hydrogen) atoms. The molecule has 3 heteroatoms. The normalized spacial score (nSPS) is 38.4. The lowest BCUT2D eigenvalue weighted by Crippen LogP contribution is -2.39. The maximum Gasteiger partial charge on any atom is 0.129 e. The van der Waals surface area contributed by atoms with Crippen molar-refractivity contribution in [2.75, 3.05) is 0 Å². The first-order chi connectivity index (χ1) is 9.72. The van der Waals surface area contributed by atoms with Crippen molar-refractivity contribution in [2.45, 2.75) is 44.7 Å². The van der Waals surface area contributed by atoms with Crippen molar-refractivity contribution in [1.29, 1.82) is 0 Å². The van der Waals surface area contributed by atoms with Gasteiger partial charge in [-0.2, -0.15) is 0 Å². The van der Waals surface area contributed by atoms with Crippen LogP contribution in [0.5, 0.6) is 0 Å². The van der Waals surface area contributed by atoms with Crippen LogP contribution in [0.4, 0.5) is 4.39 Å². The maximum absolute atomic E-state index is 13.8. The maximum atomic E-state index is 13.8. The van der Waals surface area contributed by atoms with Gasteiger partial charge < -0.3 is 5.32 Å². The van der Waals surface area contributed by atoms with Gasteiger partial charge in [0.2, 0.25) is 0 Å². The summed E-state index contributed by atoms with van der Waals surface area (Å²) in [5.41, 5.74) is 0.736. The zero-order valence-electron chi connectivity index (χ0n) is 11.6. The number of hydrogen-bond donors (Lipinski definition) is 1. The number of benzene rings is 1. The van der Waals surface area contributed by atoms with Gasteiger partial charge in [-0.3, -0.25) is 0 Å². The van der Waals surface area contributed by atoms with E-state index in [0.29, 0.717) is 17.6 Å². The van der Waals surface area contributed by atoms with Crippen LogP contribution in [0, 0.1) is 29.5 Å². The predicted octanol–water partition coefficient (Wildman–Crippen LogP) is 4.39. The highest BCUT2D eigenvalue weighted by Crippen LogP contribution is 2.58. The number of nitrogens with one attached hydrogen (secondary N) is 1. The Morgan fingerprint density at radius 3 is 2.85 bits per heavy atom. The van der Waals surface area contributed by atoms with Crippen LogP contribution in [0.25, 0.3) is 0 Å². The van der Waals surface area contributed by atoms with E-state index in [-0.39, 0.29) is 5.82 Å². The van der Waals surface area contributed by atoms with Crippen LogP contribution in [-0.2, 0) is 6.54 Å². The van der Waals surface area contributed by atoms with E-state index >= 15 is 0 Å². The minimum atomic E-state index is -0.188. The summed E-state index contributed by atoms with van der Waals surface area (Å²) in [6.45, 7) is 0.633. The van der Waals surface area contributed by atoms with Gasteiger partial charge in [0.05, 0.1) is 0 Å². The molecule has 0 radical (unpaired) electrons. The van der Waals surface area contributed by atoms with Gasteiger partial charge in [0, 0.05) is 23.2 Å². The number of rotatable bonds is 3. The van der Waals surface area contributed by atoms with Gasteiger partial charge in [-0.05, 0) is 61.5 Å². The molecule has 0 saturated heterocycles. The van der Waals surface area contributed by atoms with E-state index < -0.39 is 0 Å². The zero-order chi connectivity index (χ0) is 13.7. The number of halogens is 2. The van der Waals surface area contributed by atoms with Crippen LogP contribution >= 0.6 is 11.6 Å². The van der Waals surface area contributed by atoms with Crippen LogP contribution in [0.1, 0.15) is 37.7 Å². The summed E-state index contributed by atoms with van der Waals surface area (Å²) in [4.78, 5) is 0. The summed E-state index contributed by atoms with van der Waals surface area (Å²) in [6, 6.07) is 5.59. The van der Waals surface area contributed by atoms with E-state index in [1.807, 2.05) is 0 Å². The third kappa shape index (κ3) is 2.08. The Morgan fingerprint density at radius 2 is 2.00 bits per heavy atom. The first-order valence-electron chi connectivity index (χ1n) is 7.89. The average Bonchev–Trinajstić information content (AvgIpc) is 3.10. The van der Waals surface area contributed by atoms with Crippen LogP contribution < -0.4 is 5.32 Å². The molecule has 0 aromatic heterocycles. The summed E-state index contributed by atoms with van der Waals surface area (Å²) < 4.78 is 13.8. The van der Waals surface area contributed by atoms with E-state index in [4.69, 9.17) is 11.6 Å². The van der Waals surface area contributed by atoms with Crippen LogP contribution in [0.3, 0.4) is 0 Å². The lowest BCUT2D eigenvalue weighted by Gasteiger charge is -2.32. The molecule has 2 bridgehead atoms. The minimum absolute atomic E-state index is 0.188. The molecule has 5 unspecified atom stereocenters. The summed E-state index contributed by atoms with van der Waals surface area (Å²) in [5, 5.41) is 4.09. The minimum Gasteiger partial charge on any atom is -0.310 e. The second-order valence-electron chi connectivity index (χ2n) is 6.88. The van der Waals surface area contributed by atoms with Gasteiger partial charge >= 0.3 is 0 Å².